The molecule has 1 aromatic heterocycles. The molecule has 0 spiro atoms. The van der Waals surface area contributed by atoms with Crippen LogP contribution in [0.15, 0.2) is 30.3 Å². The molecule has 0 aliphatic heterocycles. The summed E-state index contributed by atoms with van der Waals surface area (Å²) in [5, 5.41) is 6.16. The van der Waals surface area contributed by atoms with Gasteiger partial charge in [0.1, 0.15) is 11.4 Å². The second-order valence-corrected chi connectivity index (χ2v) is 8.26. The number of rotatable bonds is 4. The van der Waals surface area contributed by atoms with Crippen LogP contribution in [0, 0.1) is 0 Å². The second-order valence-electron chi connectivity index (χ2n) is 7.41. The van der Waals surface area contributed by atoms with Crippen molar-refractivity contribution >= 4 is 34.8 Å². The minimum atomic E-state index is -5.01. The summed E-state index contributed by atoms with van der Waals surface area (Å²) in [4.78, 5) is 15.1. The SMILES string of the molecule is O=C(NC1CCC(Nc2cc(C(F)(F)F)nc(C(F)(F)F)c2)CC1)c1ccc(Cl)cc1Cl. The Balaban J connectivity index is 1.63. The molecule has 2 N–H and O–H groups in total. The number of pyridine rings is 1. The minimum Gasteiger partial charge on any atom is -0.382 e. The van der Waals surface area contributed by atoms with Gasteiger partial charge in [0.25, 0.3) is 5.91 Å². The zero-order chi connectivity index (χ0) is 23.7. The van der Waals surface area contributed by atoms with Crippen LogP contribution >= 0.6 is 23.2 Å². The van der Waals surface area contributed by atoms with Crippen LogP contribution in [0.4, 0.5) is 32.0 Å². The fourth-order valence-electron chi connectivity index (χ4n) is 3.46. The van der Waals surface area contributed by atoms with Crippen LogP contribution in [0.2, 0.25) is 10.0 Å². The van der Waals surface area contributed by atoms with Crippen molar-refractivity contribution in [3.63, 3.8) is 0 Å². The molecule has 0 radical (unpaired) electrons. The molecule has 32 heavy (non-hydrogen) atoms. The maximum atomic E-state index is 13.0. The zero-order valence-electron chi connectivity index (χ0n) is 16.2. The van der Waals surface area contributed by atoms with E-state index in [4.69, 9.17) is 23.2 Å². The first-order valence-corrected chi connectivity index (χ1v) is 10.3. The first kappa shape index (κ1) is 24.4. The van der Waals surface area contributed by atoms with Gasteiger partial charge in [-0.3, -0.25) is 4.79 Å². The molecule has 1 amide bonds. The number of carbonyl (C=O) groups excluding carboxylic acids is 1. The maximum Gasteiger partial charge on any atom is 0.433 e. The Morgan fingerprint density at radius 2 is 1.41 bits per heavy atom. The van der Waals surface area contributed by atoms with Crippen LogP contribution in [-0.2, 0) is 12.4 Å². The molecule has 0 saturated heterocycles. The molecule has 0 unspecified atom stereocenters. The van der Waals surface area contributed by atoms with Crippen molar-refractivity contribution in [1.29, 1.82) is 0 Å². The molecule has 1 fully saturated rings. The van der Waals surface area contributed by atoms with Gasteiger partial charge in [-0.25, -0.2) is 4.98 Å². The summed E-state index contributed by atoms with van der Waals surface area (Å²) in [6, 6.07) is 5.03. The van der Waals surface area contributed by atoms with E-state index >= 15 is 0 Å². The zero-order valence-corrected chi connectivity index (χ0v) is 17.8. The van der Waals surface area contributed by atoms with Crippen molar-refractivity contribution in [2.24, 2.45) is 0 Å². The monoisotopic (exact) mass is 499 g/mol. The highest BCUT2D eigenvalue weighted by Crippen LogP contribution is 2.35. The molecule has 1 aliphatic carbocycles. The lowest BCUT2D eigenvalue weighted by Gasteiger charge is -2.30. The molecule has 3 rings (SSSR count). The Hall–Kier alpha value is -2.20. The Morgan fingerprint density at radius 3 is 1.91 bits per heavy atom. The number of nitrogens with zero attached hydrogens (tertiary/aromatic N) is 1. The Bertz CT molecular complexity index is 956. The highest BCUT2D eigenvalue weighted by atomic mass is 35.5. The van der Waals surface area contributed by atoms with Gasteiger partial charge in [0.05, 0.1) is 10.6 Å². The number of anilines is 1. The molecular formula is C20H17Cl2F6N3O. The Kier molecular flexibility index (Phi) is 7.14. The molecular weight excluding hydrogens is 483 g/mol. The van der Waals surface area contributed by atoms with E-state index in [0.29, 0.717) is 42.8 Å². The van der Waals surface area contributed by atoms with Gasteiger partial charge >= 0.3 is 12.4 Å². The van der Waals surface area contributed by atoms with Gasteiger partial charge in [-0.1, -0.05) is 23.2 Å². The molecule has 1 aromatic carbocycles. The summed E-state index contributed by atoms with van der Waals surface area (Å²) in [6.45, 7) is 0. The Labute approximate surface area is 189 Å². The Morgan fingerprint density at radius 1 is 0.875 bits per heavy atom. The summed E-state index contributed by atoms with van der Waals surface area (Å²) >= 11 is 11.8. The molecule has 12 heteroatoms. The third-order valence-electron chi connectivity index (χ3n) is 5.02. The molecule has 1 saturated carbocycles. The lowest BCUT2D eigenvalue weighted by molar-refractivity contribution is -0.150. The smallest absolute Gasteiger partial charge is 0.382 e. The van der Waals surface area contributed by atoms with Gasteiger partial charge in [0.15, 0.2) is 0 Å². The van der Waals surface area contributed by atoms with Gasteiger partial charge < -0.3 is 10.6 Å². The predicted molar refractivity (Wildman–Crippen MR) is 108 cm³/mol. The first-order valence-electron chi connectivity index (χ1n) is 9.52. The van der Waals surface area contributed by atoms with Crippen LogP contribution < -0.4 is 10.6 Å². The van der Waals surface area contributed by atoms with Crippen molar-refractivity contribution < 1.29 is 31.1 Å². The van der Waals surface area contributed by atoms with E-state index < -0.39 is 23.7 Å². The van der Waals surface area contributed by atoms with E-state index in [0.717, 1.165) is 0 Å². The van der Waals surface area contributed by atoms with Crippen LogP contribution in [0.3, 0.4) is 0 Å². The van der Waals surface area contributed by atoms with Crippen LogP contribution in [0.1, 0.15) is 47.4 Å². The van der Waals surface area contributed by atoms with Gasteiger partial charge in [-0.05, 0) is 56.0 Å². The van der Waals surface area contributed by atoms with E-state index in [1.54, 1.807) is 0 Å². The van der Waals surface area contributed by atoms with E-state index in [2.05, 4.69) is 15.6 Å². The lowest BCUT2D eigenvalue weighted by atomic mass is 9.90. The normalized spacial score (nSPS) is 19.5. The van der Waals surface area contributed by atoms with E-state index in [9.17, 15) is 31.1 Å². The molecule has 1 heterocycles. The predicted octanol–water partition coefficient (Wildman–Crippen LogP) is 6.58. The van der Waals surface area contributed by atoms with Gasteiger partial charge in [-0.2, -0.15) is 26.3 Å². The summed E-state index contributed by atoms with van der Waals surface area (Å²) in [5.41, 5.74) is -3.28. The number of amides is 1. The summed E-state index contributed by atoms with van der Waals surface area (Å²) in [7, 11) is 0. The number of halogens is 8. The molecule has 0 bridgehead atoms. The average molecular weight is 500 g/mol. The number of benzene rings is 1. The van der Waals surface area contributed by atoms with Gasteiger partial charge in [0, 0.05) is 22.8 Å². The quantitative estimate of drug-likeness (QED) is 0.467. The van der Waals surface area contributed by atoms with Crippen molar-refractivity contribution in [2.45, 2.75) is 50.1 Å². The van der Waals surface area contributed by atoms with Crippen LogP contribution in [0.25, 0.3) is 0 Å². The number of aromatic nitrogens is 1. The molecule has 2 aromatic rings. The van der Waals surface area contributed by atoms with Crippen molar-refractivity contribution in [1.82, 2.24) is 10.3 Å². The van der Waals surface area contributed by atoms with Gasteiger partial charge in [-0.15, -0.1) is 0 Å². The lowest BCUT2D eigenvalue weighted by Crippen LogP contribution is -2.40. The van der Waals surface area contributed by atoms with Gasteiger partial charge in [0.2, 0.25) is 0 Å². The number of carbonyl (C=O) groups is 1. The molecule has 0 atom stereocenters. The molecule has 4 nitrogen and oxygen atoms in total. The summed E-state index contributed by atoms with van der Waals surface area (Å²) in [6.07, 6.45) is -8.18. The van der Waals surface area contributed by atoms with E-state index in [1.165, 1.54) is 18.2 Å². The molecule has 174 valence electrons. The highest BCUT2D eigenvalue weighted by molar-refractivity contribution is 6.36. The number of nitrogens with one attached hydrogen (secondary N) is 2. The van der Waals surface area contributed by atoms with E-state index in [1.807, 2.05) is 0 Å². The number of hydrogen-bond acceptors (Lipinski definition) is 3. The number of alkyl halides is 6. The highest BCUT2D eigenvalue weighted by Gasteiger charge is 2.39. The second kappa shape index (κ2) is 9.35. The van der Waals surface area contributed by atoms with Crippen molar-refractivity contribution in [3.05, 3.63) is 57.3 Å². The fraction of sp³-hybridized carbons (Fsp3) is 0.400. The van der Waals surface area contributed by atoms with Crippen LogP contribution in [-0.4, -0.2) is 23.0 Å². The fourth-order valence-corrected chi connectivity index (χ4v) is 3.95. The van der Waals surface area contributed by atoms with E-state index in [-0.39, 0.29) is 34.3 Å². The first-order chi connectivity index (χ1) is 14.8. The third-order valence-corrected chi connectivity index (χ3v) is 5.56. The summed E-state index contributed by atoms with van der Waals surface area (Å²) in [5.74, 6) is -0.387. The summed E-state index contributed by atoms with van der Waals surface area (Å²) < 4.78 is 77.8. The average Bonchev–Trinajstić information content (AvgIpc) is 2.68. The third kappa shape index (κ3) is 6.19. The minimum absolute atomic E-state index is 0.198. The van der Waals surface area contributed by atoms with Crippen LogP contribution in [0.5, 0.6) is 0 Å². The number of hydrogen-bond donors (Lipinski definition) is 2. The maximum absolute atomic E-state index is 13.0. The standard InChI is InChI=1S/C20H17Cl2F6N3O/c21-10-1-6-14(15(22)7-10)18(32)30-12-4-2-11(3-5-12)29-13-8-16(19(23,24)25)31-17(9-13)20(26,27)28/h1,6-9,11-12H,2-5H2,(H,29,31)(H,30,32). The molecule has 1 aliphatic rings. The topological polar surface area (TPSA) is 54.0 Å². The van der Waals surface area contributed by atoms with Crippen molar-refractivity contribution in [3.8, 4) is 0 Å². The van der Waals surface area contributed by atoms with Crippen molar-refractivity contribution in [2.75, 3.05) is 5.32 Å². The largest absolute Gasteiger partial charge is 0.433 e.